The van der Waals surface area contributed by atoms with Crippen LogP contribution < -0.4 is 5.32 Å². The molecule has 12 heteroatoms. The van der Waals surface area contributed by atoms with Gasteiger partial charge in [0, 0.05) is 32.7 Å². The minimum Gasteiger partial charge on any atom is -0.475 e. The second kappa shape index (κ2) is 14.3. The van der Waals surface area contributed by atoms with Crippen LogP contribution in [0.25, 0.3) is 0 Å². The van der Waals surface area contributed by atoms with Crippen LogP contribution in [-0.2, 0) is 26.0 Å². The molecule has 0 spiro atoms. The standard InChI is InChI=1S/C24H33N3O3S.C2HF3O2/c1-20(2)22-10-12-23(13-11-22)31(29,30)27(16-6-9-21-7-4-3-5-8-21)19-24(28)26-17-14-25-15-18-26;3-2(4,5)1(6)7/h3-5,7-8,10-13,20,25H,6,9,14-19H2,1-2H3;(H,6,7). The maximum Gasteiger partial charge on any atom is 0.490 e. The van der Waals surface area contributed by atoms with Gasteiger partial charge >= 0.3 is 12.1 Å². The van der Waals surface area contributed by atoms with E-state index in [0.29, 0.717) is 32.0 Å². The molecule has 0 aliphatic carbocycles. The van der Waals surface area contributed by atoms with Crippen molar-refractivity contribution in [2.75, 3.05) is 39.3 Å². The molecular formula is C26H34F3N3O5S. The monoisotopic (exact) mass is 557 g/mol. The predicted octanol–water partition coefficient (Wildman–Crippen LogP) is 3.50. The predicted molar refractivity (Wildman–Crippen MR) is 137 cm³/mol. The molecule has 38 heavy (non-hydrogen) atoms. The van der Waals surface area contributed by atoms with Gasteiger partial charge in [0.25, 0.3) is 0 Å². The van der Waals surface area contributed by atoms with E-state index in [1.807, 2.05) is 42.5 Å². The number of carboxylic acids is 1. The fourth-order valence-electron chi connectivity index (χ4n) is 3.73. The first kappa shape index (κ1) is 31.3. The number of nitrogens with one attached hydrogen (secondary N) is 1. The summed E-state index contributed by atoms with van der Waals surface area (Å²) < 4.78 is 59.9. The Morgan fingerprint density at radius 2 is 1.58 bits per heavy atom. The maximum absolute atomic E-state index is 13.4. The first-order chi connectivity index (χ1) is 17.8. The Hall–Kier alpha value is -2.96. The number of amides is 1. The van der Waals surface area contributed by atoms with Gasteiger partial charge in [-0.25, -0.2) is 13.2 Å². The van der Waals surface area contributed by atoms with Gasteiger partial charge in [-0.2, -0.15) is 17.5 Å². The Kier molecular flexibility index (Phi) is 11.7. The van der Waals surface area contributed by atoms with E-state index in [0.717, 1.165) is 30.6 Å². The molecule has 1 saturated heterocycles. The Bertz CT molecular complexity index is 1130. The minimum absolute atomic E-state index is 0.122. The van der Waals surface area contributed by atoms with Crippen molar-refractivity contribution in [2.45, 2.75) is 43.7 Å². The van der Waals surface area contributed by atoms with Gasteiger partial charge in [0.2, 0.25) is 15.9 Å². The van der Waals surface area contributed by atoms with Crippen molar-refractivity contribution in [2.24, 2.45) is 0 Å². The van der Waals surface area contributed by atoms with E-state index in [1.165, 1.54) is 4.31 Å². The molecule has 0 bridgehead atoms. The first-order valence-corrected chi connectivity index (χ1v) is 13.7. The largest absolute Gasteiger partial charge is 0.490 e. The normalized spacial score (nSPS) is 14.2. The fourth-order valence-corrected chi connectivity index (χ4v) is 5.16. The molecule has 2 N–H and O–H groups in total. The van der Waals surface area contributed by atoms with Crippen LogP contribution >= 0.6 is 0 Å². The van der Waals surface area contributed by atoms with E-state index in [-0.39, 0.29) is 17.3 Å². The van der Waals surface area contributed by atoms with E-state index in [9.17, 15) is 26.4 Å². The van der Waals surface area contributed by atoms with Crippen LogP contribution in [0.3, 0.4) is 0 Å². The summed E-state index contributed by atoms with van der Waals surface area (Å²) in [6.07, 6.45) is -3.66. The third-order valence-electron chi connectivity index (χ3n) is 5.92. The number of carboxylic acid groups (broad SMARTS) is 1. The number of hydrogen-bond acceptors (Lipinski definition) is 5. The van der Waals surface area contributed by atoms with Crippen molar-refractivity contribution in [3.63, 3.8) is 0 Å². The summed E-state index contributed by atoms with van der Waals surface area (Å²) in [4.78, 5) is 23.7. The molecule has 2 aromatic rings. The van der Waals surface area contributed by atoms with Gasteiger partial charge in [0.1, 0.15) is 0 Å². The molecule has 1 heterocycles. The van der Waals surface area contributed by atoms with Gasteiger partial charge in [-0.1, -0.05) is 56.3 Å². The zero-order valence-corrected chi connectivity index (χ0v) is 22.3. The molecule has 3 rings (SSSR count). The second-order valence-electron chi connectivity index (χ2n) is 9.09. The highest BCUT2D eigenvalue weighted by Gasteiger charge is 2.38. The topological polar surface area (TPSA) is 107 Å². The number of sulfonamides is 1. The quantitative estimate of drug-likeness (QED) is 0.489. The smallest absolute Gasteiger partial charge is 0.475 e. The maximum atomic E-state index is 13.4. The molecule has 0 radical (unpaired) electrons. The van der Waals surface area contributed by atoms with Crippen LogP contribution in [0.15, 0.2) is 59.5 Å². The van der Waals surface area contributed by atoms with E-state index in [1.54, 1.807) is 17.0 Å². The molecule has 8 nitrogen and oxygen atoms in total. The van der Waals surface area contributed by atoms with Crippen LogP contribution in [0, 0.1) is 0 Å². The second-order valence-corrected chi connectivity index (χ2v) is 11.0. The van der Waals surface area contributed by atoms with Gasteiger partial charge < -0.3 is 15.3 Å². The summed E-state index contributed by atoms with van der Waals surface area (Å²) in [6.45, 7) is 7.03. The highest BCUT2D eigenvalue weighted by atomic mass is 32.2. The summed E-state index contributed by atoms with van der Waals surface area (Å²) >= 11 is 0. The number of rotatable bonds is 9. The SMILES string of the molecule is CC(C)c1ccc(S(=O)(=O)N(CCCc2ccccc2)CC(=O)N2CCNCC2)cc1.O=C(O)C(F)(F)F. The van der Waals surface area contributed by atoms with E-state index in [2.05, 4.69) is 19.2 Å². The highest BCUT2D eigenvalue weighted by molar-refractivity contribution is 7.89. The fraction of sp³-hybridized carbons (Fsp3) is 0.462. The number of carbonyl (C=O) groups is 2. The van der Waals surface area contributed by atoms with Gasteiger partial charge in [-0.15, -0.1) is 0 Å². The summed E-state index contributed by atoms with van der Waals surface area (Å²) in [5, 5.41) is 10.3. The van der Waals surface area contributed by atoms with Crippen LogP contribution in [-0.4, -0.2) is 80.1 Å². The van der Waals surface area contributed by atoms with E-state index >= 15 is 0 Å². The number of piperazine rings is 1. The van der Waals surface area contributed by atoms with Crippen LogP contribution in [0.4, 0.5) is 13.2 Å². The number of carbonyl (C=O) groups excluding carboxylic acids is 1. The van der Waals surface area contributed by atoms with Gasteiger partial charge in [0.15, 0.2) is 0 Å². The number of aliphatic carboxylic acids is 1. The summed E-state index contributed by atoms with van der Waals surface area (Å²) in [5.74, 6) is -2.57. The lowest BCUT2D eigenvalue weighted by atomic mass is 10.0. The Labute approximate surface area is 221 Å². The van der Waals surface area contributed by atoms with E-state index < -0.39 is 22.2 Å². The lowest BCUT2D eigenvalue weighted by Gasteiger charge is -2.30. The van der Waals surface area contributed by atoms with Gasteiger partial charge in [-0.05, 0) is 42.0 Å². The lowest BCUT2D eigenvalue weighted by molar-refractivity contribution is -0.192. The van der Waals surface area contributed by atoms with Crippen molar-refractivity contribution in [1.29, 1.82) is 0 Å². The Morgan fingerprint density at radius 1 is 1.03 bits per heavy atom. The molecule has 1 fully saturated rings. The van der Waals surface area contributed by atoms with Crippen molar-refractivity contribution < 1.29 is 36.3 Å². The van der Waals surface area contributed by atoms with Crippen LogP contribution in [0.5, 0.6) is 0 Å². The lowest BCUT2D eigenvalue weighted by Crippen LogP contribution is -2.50. The number of alkyl halides is 3. The molecular weight excluding hydrogens is 523 g/mol. The number of hydrogen-bond donors (Lipinski definition) is 2. The molecule has 2 aromatic carbocycles. The van der Waals surface area contributed by atoms with Crippen molar-refractivity contribution in [1.82, 2.24) is 14.5 Å². The summed E-state index contributed by atoms with van der Waals surface area (Å²) in [6, 6.07) is 17.0. The minimum atomic E-state index is -5.08. The molecule has 210 valence electrons. The number of benzene rings is 2. The molecule has 0 aromatic heterocycles. The third-order valence-corrected chi connectivity index (χ3v) is 7.78. The van der Waals surface area contributed by atoms with Crippen LogP contribution in [0.1, 0.15) is 37.3 Å². The van der Waals surface area contributed by atoms with Crippen LogP contribution in [0.2, 0.25) is 0 Å². The number of halogens is 3. The Morgan fingerprint density at radius 3 is 2.08 bits per heavy atom. The summed E-state index contributed by atoms with van der Waals surface area (Å²) in [5.41, 5.74) is 2.25. The third kappa shape index (κ3) is 9.73. The summed E-state index contributed by atoms with van der Waals surface area (Å²) in [7, 11) is -3.76. The average Bonchev–Trinajstić information content (AvgIpc) is 2.89. The highest BCUT2D eigenvalue weighted by Crippen LogP contribution is 2.21. The van der Waals surface area contributed by atoms with E-state index in [4.69, 9.17) is 9.90 Å². The van der Waals surface area contributed by atoms with Crippen molar-refractivity contribution in [3.05, 3.63) is 65.7 Å². The Balaban J connectivity index is 0.000000638. The molecule has 0 atom stereocenters. The molecule has 1 aliphatic rings. The number of nitrogens with zero attached hydrogens (tertiary/aromatic N) is 2. The first-order valence-electron chi connectivity index (χ1n) is 12.2. The van der Waals surface area contributed by atoms with Crippen molar-refractivity contribution in [3.8, 4) is 0 Å². The van der Waals surface area contributed by atoms with Gasteiger partial charge in [0.05, 0.1) is 11.4 Å². The number of aryl methyl sites for hydroxylation is 1. The molecule has 1 amide bonds. The zero-order chi connectivity index (χ0) is 28.3. The molecule has 0 unspecified atom stereocenters. The molecule has 0 saturated carbocycles. The zero-order valence-electron chi connectivity index (χ0n) is 21.4. The van der Waals surface area contributed by atoms with Gasteiger partial charge in [-0.3, -0.25) is 4.79 Å². The average molecular weight is 558 g/mol. The van der Waals surface area contributed by atoms with Crippen molar-refractivity contribution >= 4 is 21.9 Å². The molecule has 1 aliphatic heterocycles.